The number of benzene rings is 1. The summed E-state index contributed by atoms with van der Waals surface area (Å²) in [6.45, 7) is 8.51. The van der Waals surface area contributed by atoms with Crippen LogP contribution in [0.5, 0.6) is 0 Å². The number of hydrogen-bond donors (Lipinski definition) is 2. The lowest BCUT2D eigenvalue weighted by Gasteiger charge is -2.40. The predicted molar refractivity (Wildman–Crippen MR) is 104 cm³/mol. The molecule has 26 heavy (non-hydrogen) atoms. The Balaban J connectivity index is 2.02. The second-order valence-electron chi connectivity index (χ2n) is 8.92. The minimum absolute atomic E-state index is 0.00212. The lowest BCUT2D eigenvalue weighted by molar-refractivity contribution is -0.135. The number of aliphatic hydroxyl groups is 1. The van der Waals surface area contributed by atoms with Gasteiger partial charge in [0.2, 0.25) is 5.91 Å². The largest absolute Gasteiger partial charge is 0.385 e. The van der Waals surface area contributed by atoms with Gasteiger partial charge in [-0.05, 0) is 67.4 Å². The van der Waals surface area contributed by atoms with Crippen LogP contribution in [0.1, 0.15) is 81.3 Å². The molecule has 1 amide bonds. The van der Waals surface area contributed by atoms with Gasteiger partial charge in [-0.3, -0.25) is 4.79 Å². The molecule has 3 N–H and O–H groups in total. The summed E-state index contributed by atoms with van der Waals surface area (Å²) in [6, 6.07) is 5.60. The molecule has 4 heteroatoms. The van der Waals surface area contributed by atoms with Crippen molar-refractivity contribution < 1.29 is 14.6 Å². The molecule has 1 aliphatic heterocycles. The van der Waals surface area contributed by atoms with E-state index in [1.165, 1.54) is 0 Å². The van der Waals surface area contributed by atoms with Crippen molar-refractivity contribution in [1.29, 1.82) is 0 Å². The molecule has 1 saturated heterocycles. The zero-order valence-electron chi connectivity index (χ0n) is 16.3. The zero-order chi connectivity index (χ0) is 19.1. The Bertz CT molecular complexity index is 725. The third-order valence-electron chi connectivity index (χ3n) is 5.86. The monoisotopic (exact) mass is 357 g/mol. The third kappa shape index (κ3) is 3.86. The summed E-state index contributed by atoms with van der Waals surface area (Å²) in [7, 11) is 0. The van der Waals surface area contributed by atoms with Crippen LogP contribution in [0.3, 0.4) is 0 Å². The molecular weight excluding hydrogens is 326 g/mol. The number of ether oxygens (including phenoxy) is 1. The maximum Gasteiger partial charge on any atom is 0.249 e. The fraction of sp³-hybridized carbons (Fsp3) is 0.591. The Labute approximate surface area is 156 Å². The van der Waals surface area contributed by atoms with E-state index in [0.29, 0.717) is 18.4 Å². The summed E-state index contributed by atoms with van der Waals surface area (Å²) in [5.41, 5.74) is 8.42. The SMILES string of the molecule is CC1CC(O)(c2ccc(C(N)=O)c(C3=CCC(C)(C)CC3)c2)CC(C)O1. The van der Waals surface area contributed by atoms with Crippen LogP contribution in [0.15, 0.2) is 24.3 Å². The third-order valence-corrected chi connectivity index (χ3v) is 5.86. The summed E-state index contributed by atoms with van der Waals surface area (Å²) in [5.74, 6) is -0.419. The molecule has 4 nitrogen and oxygen atoms in total. The number of rotatable bonds is 3. The van der Waals surface area contributed by atoms with E-state index < -0.39 is 11.5 Å². The van der Waals surface area contributed by atoms with Gasteiger partial charge in [0.25, 0.3) is 0 Å². The smallest absolute Gasteiger partial charge is 0.249 e. The van der Waals surface area contributed by atoms with Crippen molar-refractivity contribution >= 4 is 11.5 Å². The highest BCUT2D eigenvalue weighted by Crippen LogP contribution is 2.42. The van der Waals surface area contributed by atoms with E-state index in [-0.39, 0.29) is 17.6 Å². The second-order valence-corrected chi connectivity index (χ2v) is 8.92. The average Bonchev–Trinajstić information content (AvgIpc) is 2.53. The summed E-state index contributed by atoms with van der Waals surface area (Å²) in [5, 5.41) is 11.3. The van der Waals surface area contributed by atoms with E-state index in [2.05, 4.69) is 19.9 Å². The average molecular weight is 357 g/mol. The minimum atomic E-state index is -0.934. The highest BCUT2D eigenvalue weighted by Gasteiger charge is 2.39. The topological polar surface area (TPSA) is 72.5 Å². The van der Waals surface area contributed by atoms with Gasteiger partial charge in [-0.15, -0.1) is 0 Å². The van der Waals surface area contributed by atoms with E-state index >= 15 is 0 Å². The molecule has 0 radical (unpaired) electrons. The summed E-state index contributed by atoms with van der Waals surface area (Å²) >= 11 is 0. The van der Waals surface area contributed by atoms with Crippen LogP contribution in [-0.4, -0.2) is 23.2 Å². The van der Waals surface area contributed by atoms with Gasteiger partial charge in [0, 0.05) is 18.4 Å². The first-order valence-corrected chi connectivity index (χ1v) is 9.61. The highest BCUT2D eigenvalue weighted by atomic mass is 16.5. The number of carbonyl (C=O) groups is 1. The van der Waals surface area contributed by atoms with Gasteiger partial charge in [0.15, 0.2) is 0 Å². The molecule has 2 aliphatic rings. The van der Waals surface area contributed by atoms with Crippen molar-refractivity contribution in [1.82, 2.24) is 0 Å². The first-order valence-electron chi connectivity index (χ1n) is 9.61. The highest BCUT2D eigenvalue weighted by molar-refractivity contribution is 5.98. The lowest BCUT2D eigenvalue weighted by atomic mass is 9.75. The van der Waals surface area contributed by atoms with Crippen molar-refractivity contribution in [3.05, 3.63) is 41.0 Å². The van der Waals surface area contributed by atoms with E-state index in [1.807, 2.05) is 26.0 Å². The number of carbonyl (C=O) groups excluding carboxylic acids is 1. The molecule has 2 atom stereocenters. The van der Waals surface area contributed by atoms with Crippen LogP contribution >= 0.6 is 0 Å². The van der Waals surface area contributed by atoms with Crippen LogP contribution in [0, 0.1) is 5.41 Å². The van der Waals surface area contributed by atoms with E-state index in [0.717, 1.165) is 36.0 Å². The number of hydrogen-bond acceptors (Lipinski definition) is 3. The lowest BCUT2D eigenvalue weighted by Crippen LogP contribution is -2.41. The quantitative estimate of drug-likeness (QED) is 0.853. The van der Waals surface area contributed by atoms with Gasteiger partial charge in [-0.2, -0.15) is 0 Å². The first kappa shape index (κ1) is 19.1. The number of amides is 1. The molecular formula is C22H31NO3. The molecule has 1 aromatic carbocycles. The molecule has 1 aromatic rings. The maximum atomic E-state index is 12.0. The molecule has 2 unspecified atom stereocenters. The van der Waals surface area contributed by atoms with Gasteiger partial charge in [0.05, 0.1) is 17.8 Å². The normalized spacial score (nSPS) is 31.3. The van der Waals surface area contributed by atoms with Gasteiger partial charge >= 0.3 is 0 Å². The molecule has 3 rings (SSSR count). The van der Waals surface area contributed by atoms with Crippen molar-refractivity contribution in [2.75, 3.05) is 0 Å². The number of primary amides is 1. The summed E-state index contributed by atoms with van der Waals surface area (Å²) in [4.78, 5) is 12.0. The van der Waals surface area contributed by atoms with Crippen LogP contribution in [0.2, 0.25) is 0 Å². The molecule has 0 spiro atoms. The number of nitrogens with two attached hydrogens (primary N) is 1. The standard InChI is InChI=1S/C22H31NO3/c1-14-12-22(25,13-15(2)26-14)17-5-6-18(20(23)24)19(11-17)16-7-9-21(3,4)10-8-16/h5-7,11,14-15,25H,8-10,12-13H2,1-4H3,(H2,23,24). The van der Waals surface area contributed by atoms with Crippen molar-refractivity contribution in [3.63, 3.8) is 0 Å². The van der Waals surface area contributed by atoms with Gasteiger partial charge in [-0.1, -0.05) is 26.0 Å². The van der Waals surface area contributed by atoms with Gasteiger partial charge in [0.1, 0.15) is 0 Å². The summed E-state index contributed by atoms with van der Waals surface area (Å²) < 4.78 is 5.79. The molecule has 1 heterocycles. The Morgan fingerprint density at radius 1 is 1.23 bits per heavy atom. The summed E-state index contributed by atoms with van der Waals surface area (Å²) in [6.07, 6.45) is 6.32. The first-order chi connectivity index (χ1) is 12.1. The van der Waals surface area contributed by atoms with Crippen LogP contribution < -0.4 is 5.73 Å². The maximum absolute atomic E-state index is 12.0. The zero-order valence-corrected chi connectivity index (χ0v) is 16.3. The second kappa shape index (κ2) is 6.82. The van der Waals surface area contributed by atoms with Gasteiger partial charge < -0.3 is 15.6 Å². The molecule has 0 saturated carbocycles. The van der Waals surface area contributed by atoms with Gasteiger partial charge in [-0.25, -0.2) is 0 Å². The number of allylic oxidation sites excluding steroid dienone is 2. The predicted octanol–water partition coefficient (Wildman–Crippen LogP) is 4.15. The molecule has 1 aliphatic carbocycles. The van der Waals surface area contributed by atoms with E-state index in [9.17, 15) is 9.90 Å². The van der Waals surface area contributed by atoms with E-state index in [1.54, 1.807) is 6.07 Å². The molecule has 142 valence electrons. The minimum Gasteiger partial charge on any atom is -0.385 e. The Morgan fingerprint density at radius 2 is 1.88 bits per heavy atom. The van der Waals surface area contributed by atoms with Crippen LogP contribution in [0.4, 0.5) is 0 Å². The van der Waals surface area contributed by atoms with Crippen molar-refractivity contribution in [2.24, 2.45) is 11.1 Å². The van der Waals surface area contributed by atoms with Crippen molar-refractivity contribution in [2.45, 2.75) is 77.6 Å². The molecule has 1 fully saturated rings. The Hall–Kier alpha value is -1.65. The Kier molecular flexibility index (Phi) is 5.02. The van der Waals surface area contributed by atoms with Crippen molar-refractivity contribution in [3.8, 4) is 0 Å². The molecule has 0 aromatic heterocycles. The van der Waals surface area contributed by atoms with Crippen LogP contribution in [0.25, 0.3) is 5.57 Å². The van der Waals surface area contributed by atoms with Crippen LogP contribution in [-0.2, 0) is 10.3 Å². The molecule has 0 bridgehead atoms. The van der Waals surface area contributed by atoms with E-state index in [4.69, 9.17) is 10.5 Å². The Morgan fingerprint density at radius 3 is 2.42 bits per heavy atom. The fourth-order valence-corrected chi connectivity index (χ4v) is 4.40. The fourth-order valence-electron chi connectivity index (χ4n) is 4.40.